The summed E-state index contributed by atoms with van der Waals surface area (Å²) in [6, 6.07) is 0.542. The van der Waals surface area contributed by atoms with Crippen LogP contribution < -0.4 is 10.2 Å². The molecule has 0 saturated heterocycles. The molecule has 0 aromatic carbocycles. The number of nitrogens with zero attached hydrogens (tertiary/aromatic N) is 3. The molecule has 0 aliphatic heterocycles. The summed E-state index contributed by atoms with van der Waals surface area (Å²) in [6.07, 6.45) is 5.20. The van der Waals surface area contributed by atoms with E-state index in [1.54, 1.807) is 6.33 Å². The number of likely N-dealkylation sites (N-methyl/N-ethyl adjacent to an activating group) is 1. The summed E-state index contributed by atoms with van der Waals surface area (Å²) >= 11 is 0. The molecule has 100 valence electrons. The molecule has 0 saturated carbocycles. The van der Waals surface area contributed by atoms with Crippen molar-refractivity contribution < 1.29 is 0 Å². The molecule has 1 heterocycles. The van der Waals surface area contributed by atoms with Gasteiger partial charge in [-0.05, 0) is 26.2 Å². The van der Waals surface area contributed by atoms with Crippen LogP contribution in [0.5, 0.6) is 0 Å². The molecule has 4 nitrogen and oxygen atoms in total. The third kappa shape index (κ3) is 2.99. The Hall–Kier alpha value is -1.16. The fourth-order valence-electron chi connectivity index (χ4n) is 2.52. The van der Waals surface area contributed by atoms with E-state index < -0.39 is 0 Å². The van der Waals surface area contributed by atoms with E-state index in [4.69, 9.17) is 0 Å². The lowest BCUT2D eigenvalue weighted by molar-refractivity contribution is 0.581. The first-order valence-electron chi connectivity index (χ1n) is 7.03. The number of rotatable bonds is 6. The van der Waals surface area contributed by atoms with E-state index in [1.165, 1.54) is 17.7 Å². The number of aromatic nitrogens is 2. The Morgan fingerprint density at radius 2 is 2.17 bits per heavy atom. The van der Waals surface area contributed by atoms with Gasteiger partial charge in [0, 0.05) is 36.9 Å². The van der Waals surface area contributed by atoms with E-state index in [2.05, 4.69) is 41.0 Å². The Labute approximate surface area is 110 Å². The van der Waals surface area contributed by atoms with Crippen LogP contribution >= 0.6 is 0 Å². The lowest BCUT2D eigenvalue weighted by atomic mass is 10.2. The zero-order valence-corrected chi connectivity index (χ0v) is 11.7. The van der Waals surface area contributed by atoms with Crippen LogP contribution in [0.4, 0.5) is 5.82 Å². The highest BCUT2D eigenvalue weighted by molar-refractivity contribution is 5.50. The number of hydrogen-bond acceptors (Lipinski definition) is 4. The van der Waals surface area contributed by atoms with Crippen LogP contribution in [0.25, 0.3) is 0 Å². The van der Waals surface area contributed by atoms with Crippen molar-refractivity contribution in [2.45, 2.75) is 46.1 Å². The Bertz CT molecular complexity index is 389. The van der Waals surface area contributed by atoms with Crippen LogP contribution in [0.1, 0.15) is 38.4 Å². The van der Waals surface area contributed by atoms with Gasteiger partial charge in [-0.15, -0.1) is 0 Å². The number of hydrogen-bond donors (Lipinski definition) is 1. The fourth-order valence-corrected chi connectivity index (χ4v) is 2.52. The molecule has 1 aliphatic carbocycles. The lowest BCUT2D eigenvalue weighted by Crippen LogP contribution is -2.35. The van der Waals surface area contributed by atoms with E-state index in [0.29, 0.717) is 6.04 Å². The fraction of sp³-hybridized carbons (Fsp3) is 0.714. The molecule has 0 radical (unpaired) electrons. The third-order valence-corrected chi connectivity index (χ3v) is 3.47. The second kappa shape index (κ2) is 6.14. The van der Waals surface area contributed by atoms with Gasteiger partial charge < -0.3 is 10.2 Å². The van der Waals surface area contributed by atoms with Crippen molar-refractivity contribution in [1.82, 2.24) is 15.3 Å². The van der Waals surface area contributed by atoms with Crippen LogP contribution in [-0.4, -0.2) is 35.6 Å². The summed E-state index contributed by atoms with van der Waals surface area (Å²) in [5, 5.41) is 3.46. The molecular formula is C14H24N4. The summed E-state index contributed by atoms with van der Waals surface area (Å²) in [5.41, 5.74) is 2.64. The zero-order valence-electron chi connectivity index (χ0n) is 11.7. The quantitative estimate of drug-likeness (QED) is 0.833. The van der Waals surface area contributed by atoms with Gasteiger partial charge in [0.2, 0.25) is 0 Å². The van der Waals surface area contributed by atoms with Crippen LogP contribution in [-0.2, 0) is 12.8 Å². The molecule has 0 unspecified atom stereocenters. The second-order valence-electron chi connectivity index (χ2n) is 5.16. The minimum atomic E-state index is 0.542. The maximum atomic E-state index is 4.51. The molecule has 1 aliphatic rings. The Kier molecular flexibility index (Phi) is 4.53. The van der Waals surface area contributed by atoms with E-state index in [-0.39, 0.29) is 0 Å². The van der Waals surface area contributed by atoms with Gasteiger partial charge in [0.1, 0.15) is 12.1 Å². The number of aryl methyl sites for hydroxylation is 1. The molecule has 1 aromatic rings. The van der Waals surface area contributed by atoms with Gasteiger partial charge in [0.25, 0.3) is 0 Å². The second-order valence-corrected chi connectivity index (χ2v) is 5.16. The Morgan fingerprint density at radius 1 is 1.33 bits per heavy atom. The Morgan fingerprint density at radius 3 is 2.89 bits per heavy atom. The van der Waals surface area contributed by atoms with Gasteiger partial charge in [-0.25, -0.2) is 9.97 Å². The van der Waals surface area contributed by atoms with Crippen molar-refractivity contribution in [2.75, 3.05) is 24.5 Å². The average molecular weight is 248 g/mol. The van der Waals surface area contributed by atoms with E-state index in [9.17, 15) is 0 Å². The van der Waals surface area contributed by atoms with Gasteiger partial charge >= 0.3 is 0 Å². The predicted octanol–water partition coefficient (Wildman–Crippen LogP) is 1.79. The summed E-state index contributed by atoms with van der Waals surface area (Å²) in [4.78, 5) is 11.3. The van der Waals surface area contributed by atoms with E-state index in [0.717, 1.165) is 38.3 Å². The number of nitrogens with one attached hydrogen (secondary N) is 1. The first kappa shape index (κ1) is 13.3. The largest absolute Gasteiger partial charge is 0.355 e. The lowest BCUT2D eigenvalue weighted by Gasteiger charge is -2.24. The van der Waals surface area contributed by atoms with Crippen LogP contribution in [0.3, 0.4) is 0 Å². The summed E-state index contributed by atoms with van der Waals surface area (Å²) < 4.78 is 0. The summed E-state index contributed by atoms with van der Waals surface area (Å²) in [6.45, 7) is 9.57. The number of fused-ring (bicyclic) bond motifs is 1. The molecule has 2 rings (SSSR count). The molecule has 18 heavy (non-hydrogen) atoms. The van der Waals surface area contributed by atoms with Crippen molar-refractivity contribution >= 4 is 5.82 Å². The van der Waals surface area contributed by atoms with Crippen molar-refractivity contribution in [1.29, 1.82) is 0 Å². The van der Waals surface area contributed by atoms with Gasteiger partial charge in [0.15, 0.2) is 0 Å². The van der Waals surface area contributed by atoms with Crippen LogP contribution in [0.15, 0.2) is 6.33 Å². The first-order chi connectivity index (χ1) is 8.72. The number of anilines is 1. The predicted molar refractivity (Wildman–Crippen MR) is 75.1 cm³/mol. The van der Waals surface area contributed by atoms with Crippen LogP contribution in [0, 0.1) is 0 Å². The smallest absolute Gasteiger partial charge is 0.135 e. The molecule has 0 amide bonds. The molecule has 0 bridgehead atoms. The summed E-state index contributed by atoms with van der Waals surface area (Å²) in [7, 11) is 0. The molecule has 1 N–H and O–H groups in total. The van der Waals surface area contributed by atoms with Gasteiger partial charge in [0.05, 0.1) is 0 Å². The van der Waals surface area contributed by atoms with Gasteiger partial charge in [-0.2, -0.15) is 0 Å². The minimum absolute atomic E-state index is 0.542. The normalized spacial score (nSPS) is 14.0. The Balaban J connectivity index is 2.06. The maximum absolute atomic E-state index is 4.51. The van der Waals surface area contributed by atoms with Crippen molar-refractivity contribution in [3.8, 4) is 0 Å². The topological polar surface area (TPSA) is 41.0 Å². The molecule has 0 fully saturated rings. The monoisotopic (exact) mass is 248 g/mol. The SMILES string of the molecule is CCN(CCNC(C)C)c1ncnc2c1CCC2. The van der Waals surface area contributed by atoms with Crippen LogP contribution in [0.2, 0.25) is 0 Å². The highest BCUT2D eigenvalue weighted by Crippen LogP contribution is 2.27. The van der Waals surface area contributed by atoms with Gasteiger partial charge in [-0.1, -0.05) is 13.8 Å². The minimum Gasteiger partial charge on any atom is -0.355 e. The van der Waals surface area contributed by atoms with Crippen molar-refractivity contribution in [3.05, 3.63) is 17.6 Å². The molecule has 0 spiro atoms. The zero-order chi connectivity index (χ0) is 13.0. The third-order valence-electron chi connectivity index (χ3n) is 3.47. The first-order valence-corrected chi connectivity index (χ1v) is 7.03. The van der Waals surface area contributed by atoms with E-state index in [1.807, 2.05) is 0 Å². The van der Waals surface area contributed by atoms with Crippen molar-refractivity contribution in [3.63, 3.8) is 0 Å². The average Bonchev–Trinajstić information content (AvgIpc) is 2.82. The van der Waals surface area contributed by atoms with Crippen molar-refractivity contribution in [2.24, 2.45) is 0 Å². The highest BCUT2D eigenvalue weighted by atomic mass is 15.2. The summed E-state index contributed by atoms with van der Waals surface area (Å²) in [5.74, 6) is 1.16. The maximum Gasteiger partial charge on any atom is 0.135 e. The highest BCUT2D eigenvalue weighted by Gasteiger charge is 2.19. The molecule has 1 aromatic heterocycles. The van der Waals surface area contributed by atoms with E-state index >= 15 is 0 Å². The molecular weight excluding hydrogens is 224 g/mol. The molecule has 4 heteroatoms. The molecule has 0 atom stereocenters. The van der Waals surface area contributed by atoms with Gasteiger partial charge in [-0.3, -0.25) is 0 Å². The standard InChI is InChI=1S/C14H24N4/c1-4-18(9-8-15-11(2)3)14-12-6-5-7-13(12)16-10-17-14/h10-11,15H,4-9H2,1-3H3.